The Morgan fingerprint density at radius 2 is 1.83 bits per heavy atom. The van der Waals surface area contributed by atoms with Gasteiger partial charge in [-0.15, -0.1) is 0 Å². The summed E-state index contributed by atoms with van der Waals surface area (Å²) in [6.07, 6.45) is 4.54. The number of carbonyl (C=O) groups is 2. The molecule has 5 nitrogen and oxygen atoms in total. The van der Waals surface area contributed by atoms with Crippen LogP contribution in [-0.2, 0) is 9.59 Å². The predicted octanol–water partition coefficient (Wildman–Crippen LogP) is 1.92. The molecule has 138 valence electrons. The van der Waals surface area contributed by atoms with Crippen LogP contribution in [0, 0.1) is 5.92 Å². The molecule has 2 rings (SSSR count). The fourth-order valence-electron chi connectivity index (χ4n) is 3.74. The van der Waals surface area contributed by atoms with Crippen LogP contribution in [-0.4, -0.2) is 54.4 Å². The molecule has 0 aromatic rings. The van der Waals surface area contributed by atoms with Crippen LogP contribution < -0.4 is 10.6 Å². The van der Waals surface area contributed by atoms with Gasteiger partial charge in [0.15, 0.2) is 0 Å². The summed E-state index contributed by atoms with van der Waals surface area (Å²) in [6.45, 7) is 2.81. The highest BCUT2D eigenvalue weighted by Crippen LogP contribution is 2.34. The summed E-state index contributed by atoms with van der Waals surface area (Å²) in [4.78, 5) is 26.5. The Labute approximate surface area is 142 Å². The van der Waals surface area contributed by atoms with Crippen LogP contribution in [0.25, 0.3) is 0 Å². The second-order valence-electron chi connectivity index (χ2n) is 7.27. The summed E-state index contributed by atoms with van der Waals surface area (Å²) >= 11 is 0. The molecule has 0 radical (unpaired) electrons. The number of carbonyl (C=O) groups excluding carboxylic acids is 2. The van der Waals surface area contributed by atoms with Gasteiger partial charge in [-0.1, -0.05) is 19.3 Å². The second kappa shape index (κ2) is 7.76. The van der Waals surface area contributed by atoms with Gasteiger partial charge in [0.25, 0.3) is 5.92 Å². The lowest BCUT2D eigenvalue weighted by molar-refractivity contribution is -0.140. The zero-order valence-corrected chi connectivity index (χ0v) is 14.8. The first-order chi connectivity index (χ1) is 11.2. The average Bonchev–Trinajstić information content (AvgIpc) is 2.84. The van der Waals surface area contributed by atoms with Crippen LogP contribution in [0.2, 0.25) is 0 Å². The number of likely N-dealkylation sites (tertiary alicyclic amines) is 1. The number of hydrogen-bond acceptors (Lipinski definition) is 3. The van der Waals surface area contributed by atoms with E-state index in [1.54, 1.807) is 20.9 Å². The SMILES string of the molecule is CN[C@@H](C)C(=O)N[C@H](C(=O)N1CC(F)(F)C[C@H]1C)C1CCCCC1. The van der Waals surface area contributed by atoms with Crippen molar-refractivity contribution in [3.05, 3.63) is 0 Å². The molecular weight excluding hydrogens is 316 g/mol. The Morgan fingerprint density at radius 1 is 1.21 bits per heavy atom. The topological polar surface area (TPSA) is 61.4 Å². The number of rotatable bonds is 5. The van der Waals surface area contributed by atoms with Crippen molar-refractivity contribution in [1.82, 2.24) is 15.5 Å². The summed E-state index contributed by atoms with van der Waals surface area (Å²) in [6, 6.07) is -1.64. The molecule has 1 aliphatic heterocycles. The molecule has 1 aliphatic carbocycles. The van der Waals surface area contributed by atoms with Crippen molar-refractivity contribution in [3.63, 3.8) is 0 Å². The van der Waals surface area contributed by atoms with Crippen LogP contribution in [0.1, 0.15) is 52.4 Å². The number of nitrogens with zero attached hydrogens (tertiary/aromatic N) is 1. The molecular formula is C17H29F2N3O2. The minimum Gasteiger partial charge on any atom is -0.343 e. The summed E-state index contributed by atoms with van der Waals surface area (Å²) in [5.74, 6) is -3.43. The van der Waals surface area contributed by atoms with Gasteiger partial charge in [-0.3, -0.25) is 9.59 Å². The van der Waals surface area contributed by atoms with Gasteiger partial charge in [0.05, 0.1) is 12.6 Å². The van der Waals surface area contributed by atoms with E-state index in [1.165, 1.54) is 4.90 Å². The van der Waals surface area contributed by atoms with Crippen molar-refractivity contribution in [3.8, 4) is 0 Å². The van der Waals surface area contributed by atoms with Gasteiger partial charge in [0.1, 0.15) is 6.04 Å². The second-order valence-corrected chi connectivity index (χ2v) is 7.27. The van der Waals surface area contributed by atoms with Gasteiger partial charge in [-0.05, 0) is 39.7 Å². The highest BCUT2D eigenvalue weighted by Gasteiger charge is 2.47. The molecule has 0 aromatic heterocycles. The van der Waals surface area contributed by atoms with Crippen molar-refractivity contribution < 1.29 is 18.4 Å². The van der Waals surface area contributed by atoms with E-state index in [9.17, 15) is 18.4 Å². The van der Waals surface area contributed by atoms with Gasteiger partial charge in [-0.2, -0.15) is 0 Å². The van der Waals surface area contributed by atoms with Gasteiger partial charge >= 0.3 is 0 Å². The Balaban J connectivity index is 2.15. The highest BCUT2D eigenvalue weighted by atomic mass is 19.3. The van der Waals surface area contributed by atoms with Crippen molar-refractivity contribution in [2.24, 2.45) is 5.92 Å². The first kappa shape index (κ1) is 19.1. The third-order valence-corrected chi connectivity index (χ3v) is 5.32. The molecule has 0 aromatic carbocycles. The molecule has 1 saturated heterocycles. The lowest BCUT2D eigenvalue weighted by Crippen LogP contribution is -2.56. The number of likely N-dealkylation sites (N-methyl/N-ethyl adjacent to an activating group) is 1. The molecule has 3 atom stereocenters. The molecule has 0 spiro atoms. The van der Waals surface area contributed by atoms with Crippen molar-refractivity contribution in [2.45, 2.75) is 76.4 Å². The first-order valence-corrected chi connectivity index (χ1v) is 8.91. The Kier molecular flexibility index (Phi) is 6.17. The lowest BCUT2D eigenvalue weighted by Gasteiger charge is -2.34. The van der Waals surface area contributed by atoms with E-state index in [2.05, 4.69) is 10.6 Å². The summed E-state index contributed by atoms with van der Waals surface area (Å²) in [5, 5.41) is 5.67. The number of alkyl halides is 2. The van der Waals surface area contributed by atoms with Crippen LogP contribution in [0.15, 0.2) is 0 Å². The van der Waals surface area contributed by atoms with Crippen molar-refractivity contribution >= 4 is 11.8 Å². The Morgan fingerprint density at radius 3 is 2.33 bits per heavy atom. The zero-order valence-electron chi connectivity index (χ0n) is 14.8. The van der Waals surface area contributed by atoms with Gasteiger partial charge in [-0.25, -0.2) is 8.78 Å². The highest BCUT2D eigenvalue weighted by molar-refractivity contribution is 5.90. The smallest absolute Gasteiger partial charge is 0.267 e. The van der Waals surface area contributed by atoms with E-state index >= 15 is 0 Å². The fourth-order valence-corrected chi connectivity index (χ4v) is 3.74. The number of nitrogens with one attached hydrogen (secondary N) is 2. The zero-order chi connectivity index (χ0) is 17.9. The van der Waals surface area contributed by atoms with Gasteiger partial charge < -0.3 is 15.5 Å². The number of halogens is 2. The predicted molar refractivity (Wildman–Crippen MR) is 87.8 cm³/mol. The molecule has 2 amide bonds. The average molecular weight is 345 g/mol. The van der Waals surface area contributed by atoms with Gasteiger partial charge in [0.2, 0.25) is 11.8 Å². The monoisotopic (exact) mass is 345 g/mol. The van der Waals surface area contributed by atoms with E-state index < -0.39 is 30.6 Å². The maximum Gasteiger partial charge on any atom is 0.267 e. The minimum absolute atomic E-state index is 0.0284. The number of hydrogen-bond donors (Lipinski definition) is 2. The van der Waals surface area contributed by atoms with Crippen LogP contribution >= 0.6 is 0 Å². The maximum absolute atomic E-state index is 13.7. The first-order valence-electron chi connectivity index (χ1n) is 8.91. The quantitative estimate of drug-likeness (QED) is 0.800. The molecule has 2 N–H and O–H groups in total. The third kappa shape index (κ3) is 4.43. The molecule has 0 unspecified atom stereocenters. The van der Waals surface area contributed by atoms with E-state index in [-0.39, 0.29) is 24.2 Å². The van der Waals surface area contributed by atoms with Crippen LogP contribution in [0.3, 0.4) is 0 Å². The molecule has 1 saturated carbocycles. The molecule has 1 heterocycles. The summed E-state index contributed by atoms with van der Waals surface area (Å²) < 4.78 is 27.3. The Hall–Kier alpha value is -1.24. The molecule has 2 aliphatic rings. The largest absolute Gasteiger partial charge is 0.343 e. The standard InChI is InChI=1S/C17H29F2N3O2/c1-11-9-17(18,19)10-22(11)16(24)14(13-7-5-4-6-8-13)21-15(23)12(2)20-3/h11-14,20H,4-10H2,1-3H3,(H,21,23)/t11-,12+,14+/m1/s1. The maximum atomic E-state index is 13.7. The molecule has 24 heavy (non-hydrogen) atoms. The normalized spacial score (nSPS) is 26.9. The molecule has 0 bridgehead atoms. The fraction of sp³-hybridized carbons (Fsp3) is 0.882. The number of amides is 2. The van der Waals surface area contributed by atoms with E-state index in [1.807, 2.05) is 0 Å². The summed E-state index contributed by atoms with van der Waals surface area (Å²) in [5.41, 5.74) is 0. The molecule has 7 heteroatoms. The van der Waals surface area contributed by atoms with E-state index in [0.717, 1.165) is 32.1 Å². The molecule has 2 fully saturated rings. The summed E-state index contributed by atoms with van der Waals surface area (Å²) in [7, 11) is 1.67. The Bertz CT molecular complexity index is 467. The van der Waals surface area contributed by atoms with Crippen LogP contribution in [0.4, 0.5) is 8.78 Å². The van der Waals surface area contributed by atoms with E-state index in [4.69, 9.17) is 0 Å². The van der Waals surface area contributed by atoms with E-state index in [0.29, 0.717) is 0 Å². The van der Waals surface area contributed by atoms with Crippen LogP contribution in [0.5, 0.6) is 0 Å². The van der Waals surface area contributed by atoms with Gasteiger partial charge in [0, 0.05) is 12.5 Å². The van der Waals surface area contributed by atoms with Crippen molar-refractivity contribution in [1.29, 1.82) is 0 Å². The third-order valence-electron chi connectivity index (χ3n) is 5.32. The minimum atomic E-state index is -2.84. The van der Waals surface area contributed by atoms with Crippen molar-refractivity contribution in [2.75, 3.05) is 13.6 Å². The lowest BCUT2D eigenvalue weighted by atomic mass is 9.83.